The molecule has 0 bridgehead atoms. The summed E-state index contributed by atoms with van der Waals surface area (Å²) in [5.41, 5.74) is 1.52. The van der Waals surface area contributed by atoms with Crippen LogP contribution in [0.25, 0.3) is 11.5 Å². The van der Waals surface area contributed by atoms with E-state index >= 15 is 0 Å². The Hall–Kier alpha value is -2.93. The lowest BCUT2D eigenvalue weighted by Gasteiger charge is -2.35. The van der Waals surface area contributed by atoms with E-state index in [1.54, 1.807) is 25.3 Å². The second-order valence-corrected chi connectivity index (χ2v) is 6.44. The number of nitrogens with zero attached hydrogens (tertiary/aromatic N) is 4. The number of aromatic nitrogens is 2. The van der Waals surface area contributed by atoms with Gasteiger partial charge in [-0.05, 0) is 36.4 Å². The standard InChI is InChI=1S/C20H21FN4O2/c1-26-16-8-6-15(7-9-16)25-12-10-24(11-13-25)14-19-22-23-20(27-19)17-4-2-3-5-18(17)21/h2-9H,10-14H2,1H3. The van der Waals surface area contributed by atoms with E-state index in [0.29, 0.717) is 18.0 Å². The number of benzene rings is 2. The fourth-order valence-electron chi connectivity index (χ4n) is 3.21. The Morgan fingerprint density at radius 3 is 2.44 bits per heavy atom. The Labute approximate surface area is 157 Å². The molecule has 0 N–H and O–H groups in total. The molecule has 0 aliphatic carbocycles. The topological polar surface area (TPSA) is 54.6 Å². The van der Waals surface area contributed by atoms with Gasteiger partial charge in [-0.25, -0.2) is 4.39 Å². The van der Waals surface area contributed by atoms with E-state index in [0.717, 1.165) is 31.9 Å². The number of rotatable bonds is 5. The molecule has 140 valence electrons. The third-order valence-corrected chi connectivity index (χ3v) is 4.74. The Morgan fingerprint density at radius 1 is 1.00 bits per heavy atom. The summed E-state index contributed by atoms with van der Waals surface area (Å²) >= 11 is 0. The summed E-state index contributed by atoms with van der Waals surface area (Å²) in [4.78, 5) is 4.60. The fraction of sp³-hybridized carbons (Fsp3) is 0.300. The molecular formula is C20H21FN4O2. The molecule has 27 heavy (non-hydrogen) atoms. The second-order valence-electron chi connectivity index (χ2n) is 6.44. The Morgan fingerprint density at radius 2 is 1.74 bits per heavy atom. The molecule has 0 saturated carbocycles. The fourth-order valence-corrected chi connectivity index (χ4v) is 3.21. The maximum Gasteiger partial charge on any atom is 0.250 e. The van der Waals surface area contributed by atoms with Gasteiger partial charge in [0.25, 0.3) is 5.89 Å². The molecule has 0 radical (unpaired) electrons. The quantitative estimate of drug-likeness (QED) is 0.689. The molecule has 6 nitrogen and oxygen atoms in total. The predicted molar refractivity (Wildman–Crippen MR) is 100 cm³/mol. The van der Waals surface area contributed by atoms with Crippen molar-refractivity contribution < 1.29 is 13.5 Å². The minimum Gasteiger partial charge on any atom is -0.497 e. The van der Waals surface area contributed by atoms with E-state index in [-0.39, 0.29) is 11.7 Å². The van der Waals surface area contributed by atoms with Crippen LogP contribution in [-0.2, 0) is 6.54 Å². The number of anilines is 1. The van der Waals surface area contributed by atoms with Gasteiger partial charge in [0.05, 0.1) is 19.2 Å². The van der Waals surface area contributed by atoms with Crippen molar-refractivity contribution in [2.24, 2.45) is 0 Å². The van der Waals surface area contributed by atoms with E-state index in [2.05, 4.69) is 32.1 Å². The van der Waals surface area contributed by atoms with Crippen molar-refractivity contribution in [2.45, 2.75) is 6.54 Å². The smallest absolute Gasteiger partial charge is 0.250 e. The minimum absolute atomic E-state index is 0.222. The van der Waals surface area contributed by atoms with E-state index in [1.165, 1.54) is 11.8 Å². The number of methoxy groups -OCH3 is 1. The number of hydrogen-bond donors (Lipinski definition) is 0. The van der Waals surface area contributed by atoms with E-state index in [4.69, 9.17) is 9.15 Å². The van der Waals surface area contributed by atoms with Crippen molar-refractivity contribution in [3.05, 3.63) is 60.2 Å². The largest absolute Gasteiger partial charge is 0.497 e. The van der Waals surface area contributed by atoms with Crippen LogP contribution in [0.2, 0.25) is 0 Å². The van der Waals surface area contributed by atoms with Crippen LogP contribution < -0.4 is 9.64 Å². The highest BCUT2D eigenvalue weighted by molar-refractivity contribution is 5.53. The first-order valence-corrected chi connectivity index (χ1v) is 8.91. The normalized spacial score (nSPS) is 15.1. The van der Waals surface area contributed by atoms with E-state index in [1.807, 2.05) is 12.1 Å². The Balaban J connectivity index is 1.35. The van der Waals surface area contributed by atoms with Crippen LogP contribution in [0, 0.1) is 5.82 Å². The first kappa shape index (κ1) is 17.5. The van der Waals surface area contributed by atoms with Crippen LogP contribution in [0.4, 0.5) is 10.1 Å². The summed E-state index contributed by atoms with van der Waals surface area (Å²) in [6.07, 6.45) is 0. The molecule has 1 aliphatic heterocycles. The van der Waals surface area contributed by atoms with Gasteiger partial charge in [-0.3, -0.25) is 4.90 Å². The Kier molecular flexibility index (Phi) is 5.02. The van der Waals surface area contributed by atoms with E-state index in [9.17, 15) is 4.39 Å². The summed E-state index contributed by atoms with van der Waals surface area (Å²) in [7, 11) is 1.67. The third kappa shape index (κ3) is 3.93. The van der Waals surface area contributed by atoms with Gasteiger partial charge in [0.1, 0.15) is 11.6 Å². The van der Waals surface area contributed by atoms with Crippen molar-refractivity contribution >= 4 is 5.69 Å². The molecule has 1 aliphatic rings. The highest BCUT2D eigenvalue weighted by Gasteiger charge is 2.20. The molecule has 0 unspecified atom stereocenters. The van der Waals surface area contributed by atoms with Crippen molar-refractivity contribution in [1.29, 1.82) is 0 Å². The average Bonchev–Trinajstić information content (AvgIpc) is 3.17. The van der Waals surface area contributed by atoms with Gasteiger partial charge in [-0.2, -0.15) is 0 Å². The molecule has 1 fully saturated rings. The minimum atomic E-state index is -0.360. The number of ether oxygens (including phenoxy) is 1. The monoisotopic (exact) mass is 368 g/mol. The van der Waals surface area contributed by atoms with Gasteiger partial charge >= 0.3 is 0 Å². The van der Waals surface area contributed by atoms with Crippen LogP contribution in [0.3, 0.4) is 0 Å². The van der Waals surface area contributed by atoms with Crippen molar-refractivity contribution in [3.63, 3.8) is 0 Å². The van der Waals surface area contributed by atoms with Gasteiger partial charge in [0.2, 0.25) is 5.89 Å². The molecule has 4 rings (SSSR count). The zero-order chi connectivity index (χ0) is 18.6. The first-order chi connectivity index (χ1) is 13.2. The molecule has 0 spiro atoms. The molecule has 1 aromatic heterocycles. The van der Waals surface area contributed by atoms with Crippen LogP contribution in [0.1, 0.15) is 5.89 Å². The van der Waals surface area contributed by atoms with Crippen LogP contribution in [0.15, 0.2) is 52.9 Å². The van der Waals surface area contributed by atoms with Gasteiger partial charge in [-0.1, -0.05) is 12.1 Å². The predicted octanol–water partition coefficient (Wildman–Crippen LogP) is 3.21. The molecule has 2 aromatic carbocycles. The molecule has 7 heteroatoms. The van der Waals surface area contributed by atoms with E-state index < -0.39 is 0 Å². The molecule has 0 atom stereocenters. The van der Waals surface area contributed by atoms with Crippen molar-refractivity contribution in [2.75, 3.05) is 38.2 Å². The Bertz CT molecular complexity index is 889. The summed E-state index contributed by atoms with van der Waals surface area (Å²) in [6.45, 7) is 4.19. The zero-order valence-corrected chi connectivity index (χ0v) is 15.1. The lowest BCUT2D eigenvalue weighted by molar-refractivity contribution is 0.227. The second kappa shape index (κ2) is 7.75. The van der Waals surface area contributed by atoms with Gasteiger partial charge < -0.3 is 14.1 Å². The van der Waals surface area contributed by atoms with Gasteiger partial charge in [0.15, 0.2) is 0 Å². The first-order valence-electron chi connectivity index (χ1n) is 8.91. The molecule has 3 aromatic rings. The van der Waals surface area contributed by atoms with Gasteiger partial charge in [0, 0.05) is 31.9 Å². The number of hydrogen-bond acceptors (Lipinski definition) is 6. The van der Waals surface area contributed by atoms with Crippen LogP contribution >= 0.6 is 0 Å². The van der Waals surface area contributed by atoms with Gasteiger partial charge in [-0.15, -0.1) is 10.2 Å². The maximum atomic E-state index is 13.8. The molecular weight excluding hydrogens is 347 g/mol. The number of piperazine rings is 1. The lowest BCUT2D eigenvalue weighted by atomic mass is 10.2. The number of halogens is 1. The average molecular weight is 368 g/mol. The van der Waals surface area contributed by atoms with Crippen molar-refractivity contribution in [1.82, 2.24) is 15.1 Å². The maximum absolute atomic E-state index is 13.8. The summed E-state index contributed by atoms with van der Waals surface area (Å²) in [5, 5.41) is 8.06. The lowest BCUT2D eigenvalue weighted by Crippen LogP contribution is -2.46. The zero-order valence-electron chi connectivity index (χ0n) is 15.1. The van der Waals surface area contributed by atoms with Crippen LogP contribution in [-0.4, -0.2) is 48.4 Å². The molecule has 1 saturated heterocycles. The molecule has 0 amide bonds. The molecule has 2 heterocycles. The highest BCUT2D eigenvalue weighted by atomic mass is 19.1. The summed E-state index contributed by atoms with van der Waals surface area (Å²) in [5.74, 6) is 1.23. The third-order valence-electron chi connectivity index (χ3n) is 4.74. The summed E-state index contributed by atoms with van der Waals surface area (Å²) in [6, 6.07) is 14.5. The summed E-state index contributed by atoms with van der Waals surface area (Å²) < 4.78 is 24.7. The highest BCUT2D eigenvalue weighted by Crippen LogP contribution is 2.23. The van der Waals surface area contributed by atoms with Crippen LogP contribution in [0.5, 0.6) is 5.75 Å². The SMILES string of the molecule is COc1ccc(N2CCN(Cc3nnc(-c4ccccc4F)o3)CC2)cc1. The van der Waals surface area contributed by atoms with Crippen molar-refractivity contribution in [3.8, 4) is 17.2 Å².